The summed E-state index contributed by atoms with van der Waals surface area (Å²) < 4.78 is 31.1. The first-order chi connectivity index (χ1) is 9.82. The Morgan fingerprint density at radius 2 is 2.05 bits per heavy atom. The van der Waals surface area contributed by atoms with Crippen LogP contribution in [0.1, 0.15) is 26.2 Å². The highest BCUT2D eigenvalue weighted by Gasteiger charge is 2.24. The maximum atomic E-state index is 11.9. The molecule has 3 N–H and O–H groups in total. The van der Waals surface area contributed by atoms with E-state index in [1.54, 1.807) is 6.92 Å². The van der Waals surface area contributed by atoms with Crippen molar-refractivity contribution in [3.8, 4) is 0 Å². The van der Waals surface area contributed by atoms with Crippen molar-refractivity contribution < 1.29 is 17.9 Å². The van der Waals surface area contributed by atoms with Crippen molar-refractivity contribution in [2.24, 2.45) is 5.73 Å². The number of esters is 1. The van der Waals surface area contributed by atoms with Crippen molar-refractivity contribution in [1.29, 1.82) is 0 Å². The first-order valence-corrected chi connectivity index (χ1v) is 9.04. The minimum atomic E-state index is -3.45. The Labute approximate surface area is 131 Å². The third kappa shape index (κ3) is 7.70. The van der Waals surface area contributed by atoms with Gasteiger partial charge in [-0.1, -0.05) is 12.2 Å². The van der Waals surface area contributed by atoms with Crippen molar-refractivity contribution in [1.82, 2.24) is 9.62 Å². The van der Waals surface area contributed by atoms with E-state index in [1.807, 2.05) is 0 Å². The highest BCUT2D eigenvalue weighted by molar-refractivity contribution is 7.89. The largest absolute Gasteiger partial charge is 0.466 e. The quantitative estimate of drug-likeness (QED) is 0.459. The highest BCUT2D eigenvalue weighted by Crippen LogP contribution is 2.11. The minimum absolute atomic E-state index is 0.0974. The van der Waals surface area contributed by atoms with Gasteiger partial charge >= 0.3 is 5.97 Å². The van der Waals surface area contributed by atoms with Crippen LogP contribution in [0.3, 0.4) is 0 Å². The fourth-order valence-corrected chi connectivity index (χ4v) is 3.67. The summed E-state index contributed by atoms with van der Waals surface area (Å²) in [5.74, 6) is -0.729. The van der Waals surface area contributed by atoms with Gasteiger partial charge in [0.25, 0.3) is 0 Å². The Bertz CT molecular complexity index is 459. The number of hydrogen-bond acceptors (Lipinski definition) is 6. The topological polar surface area (TPSA) is 102 Å². The van der Waals surface area contributed by atoms with Crippen LogP contribution >= 0.6 is 12.2 Å². The third-order valence-electron chi connectivity index (χ3n) is 3.19. The van der Waals surface area contributed by atoms with E-state index in [2.05, 4.69) is 9.62 Å². The van der Waals surface area contributed by atoms with Crippen molar-refractivity contribution in [2.45, 2.75) is 32.2 Å². The molecule has 1 saturated heterocycles. The molecular formula is C12H23N3O4S2. The summed E-state index contributed by atoms with van der Waals surface area (Å²) in [5.41, 5.74) is 5.49. The molecule has 0 aromatic carbocycles. The van der Waals surface area contributed by atoms with Gasteiger partial charge < -0.3 is 10.5 Å². The predicted octanol–water partition coefficient (Wildman–Crippen LogP) is -0.390. The van der Waals surface area contributed by atoms with E-state index in [-0.39, 0.29) is 24.8 Å². The smallest absolute Gasteiger partial charge is 0.306 e. The van der Waals surface area contributed by atoms with E-state index in [0.29, 0.717) is 24.4 Å². The van der Waals surface area contributed by atoms with Crippen LogP contribution in [0, 0.1) is 0 Å². The molecule has 1 heterocycles. The zero-order chi connectivity index (χ0) is 15.9. The van der Waals surface area contributed by atoms with Gasteiger partial charge in [-0.05, 0) is 19.8 Å². The lowest BCUT2D eigenvalue weighted by Crippen LogP contribution is -2.47. The highest BCUT2D eigenvalue weighted by atomic mass is 32.2. The summed E-state index contributed by atoms with van der Waals surface area (Å²) in [4.78, 5) is 13.7. The Morgan fingerprint density at radius 3 is 2.57 bits per heavy atom. The molecule has 0 spiro atoms. The number of likely N-dealkylation sites (tertiary alicyclic amines) is 1. The summed E-state index contributed by atoms with van der Waals surface area (Å²) >= 11 is 4.85. The summed E-state index contributed by atoms with van der Waals surface area (Å²) in [5, 5.41) is 0. The van der Waals surface area contributed by atoms with E-state index in [4.69, 9.17) is 22.7 Å². The molecule has 1 fully saturated rings. The number of thiocarbonyl (C=S) groups is 1. The SMILES string of the molecule is CCOC(=O)CCS(=O)(=O)NC1CCN(CC(N)=S)CC1. The van der Waals surface area contributed by atoms with Gasteiger partial charge in [-0.2, -0.15) is 0 Å². The first-order valence-electron chi connectivity index (χ1n) is 6.98. The zero-order valence-corrected chi connectivity index (χ0v) is 13.8. The fraction of sp³-hybridized carbons (Fsp3) is 0.833. The molecule has 9 heteroatoms. The Kier molecular flexibility index (Phi) is 7.50. The molecule has 122 valence electrons. The number of carbonyl (C=O) groups is 1. The van der Waals surface area contributed by atoms with Crippen LogP contribution in [0.25, 0.3) is 0 Å². The second-order valence-corrected chi connectivity index (χ2v) is 7.41. The summed E-state index contributed by atoms with van der Waals surface area (Å²) in [6, 6.07) is -0.0974. The molecule has 1 rings (SSSR count). The van der Waals surface area contributed by atoms with Gasteiger partial charge in [-0.15, -0.1) is 0 Å². The second-order valence-electron chi connectivity index (χ2n) is 5.01. The molecule has 7 nitrogen and oxygen atoms in total. The number of ether oxygens (including phenoxy) is 1. The molecular weight excluding hydrogens is 314 g/mol. The van der Waals surface area contributed by atoms with E-state index in [1.165, 1.54) is 0 Å². The number of hydrogen-bond donors (Lipinski definition) is 2. The first kappa shape index (κ1) is 18.3. The van der Waals surface area contributed by atoms with Gasteiger partial charge in [-0.25, -0.2) is 13.1 Å². The molecule has 0 radical (unpaired) electrons. The molecule has 0 unspecified atom stereocenters. The van der Waals surface area contributed by atoms with Crippen LogP contribution in [0.15, 0.2) is 0 Å². The number of nitrogens with zero attached hydrogens (tertiary/aromatic N) is 1. The van der Waals surface area contributed by atoms with Gasteiger partial charge in [0.2, 0.25) is 10.0 Å². The van der Waals surface area contributed by atoms with Crippen molar-refractivity contribution >= 4 is 33.2 Å². The summed E-state index contributed by atoms with van der Waals surface area (Å²) in [6.07, 6.45) is 1.30. The van der Waals surface area contributed by atoms with Crippen LogP contribution in [-0.4, -0.2) is 62.3 Å². The molecule has 1 aliphatic rings. The monoisotopic (exact) mass is 337 g/mol. The summed E-state index contributed by atoms with van der Waals surface area (Å²) in [6.45, 7) is 4.02. The number of piperidine rings is 1. The molecule has 1 aliphatic heterocycles. The Balaban J connectivity index is 2.33. The minimum Gasteiger partial charge on any atom is -0.466 e. The van der Waals surface area contributed by atoms with Crippen molar-refractivity contribution in [2.75, 3.05) is 32.0 Å². The van der Waals surface area contributed by atoms with Crippen LogP contribution in [0.5, 0.6) is 0 Å². The average Bonchev–Trinajstić information content (AvgIpc) is 2.38. The maximum absolute atomic E-state index is 11.9. The van der Waals surface area contributed by atoms with Crippen LogP contribution in [0.4, 0.5) is 0 Å². The number of nitrogens with two attached hydrogens (primary N) is 1. The van der Waals surface area contributed by atoms with Gasteiger partial charge in [0.1, 0.15) is 0 Å². The standard InChI is InChI=1S/C12H23N3O4S2/c1-2-19-12(16)5-8-21(17,18)14-10-3-6-15(7-4-10)9-11(13)20/h10,14H,2-9H2,1H3,(H2,13,20). The summed E-state index contributed by atoms with van der Waals surface area (Å²) in [7, 11) is -3.45. The number of rotatable bonds is 8. The van der Waals surface area contributed by atoms with Gasteiger partial charge in [0, 0.05) is 25.7 Å². The Hall–Kier alpha value is -0.770. The van der Waals surface area contributed by atoms with E-state index >= 15 is 0 Å². The van der Waals surface area contributed by atoms with Crippen molar-refractivity contribution in [3.05, 3.63) is 0 Å². The molecule has 21 heavy (non-hydrogen) atoms. The van der Waals surface area contributed by atoms with Crippen LogP contribution < -0.4 is 10.5 Å². The average molecular weight is 337 g/mol. The lowest BCUT2D eigenvalue weighted by molar-refractivity contribution is -0.142. The van der Waals surface area contributed by atoms with Gasteiger partial charge in [0.05, 0.1) is 23.8 Å². The van der Waals surface area contributed by atoms with Gasteiger partial charge in [0.15, 0.2) is 0 Å². The van der Waals surface area contributed by atoms with Gasteiger partial charge in [-0.3, -0.25) is 9.69 Å². The van der Waals surface area contributed by atoms with E-state index in [0.717, 1.165) is 13.1 Å². The number of nitrogens with one attached hydrogen (secondary N) is 1. The van der Waals surface area contributed by atoms with Crippen LogP contribution in [0.2, 0.25) is 0 Å². The van der Waals surface area contributed by atoms with Crippen molar-refractivity contribution in [3.63, 3.8) is 0 Å². The lowest BCUT2D eigenvalue weighted by atomic mass is 10.1. The number of sulfonamides is 1. The zero-order valence-electron chi connectivity index (χ0n) is 12.2. The predicted molar refractivity (Wildman–Crippen MR) is 84.4 cm³/mol. The molecule has 0 bridgehead atoms. The Morgan fingerprint density at radius 1 is 1.43 bits per heavy atom. The second kappa shape index (κ2) is 8.62. The number of carbonyl (C=O) groups excluding carboxylic acids is 1. The molecule has 0 amide bonds. The normalized spacial score (nSPS) is 17.6. The molecule has 0 aliphatic carbocycles. The maximum Gasteiger partial charge on any atom is 0.306 e. The van der Waals surface area contributed by atoms with Crippen LogP contribution in [-0.2, 0) is 19.6 Å². The van der Waals surface area contributed by atoms with E-state index < -0.39 is 16.0 Å². The molecule has 0 aromatic rings. The lowest BCUT2D eigenvalue weighted by Gasteiger charge is -2.31. The van der Waals surface area contributed by atoms with E-state index in [9.17, 15) is 13.2 Å². The molecule has 0 saturated carbocycles. The fourth-order valence-electron chi connectivity index (χ4n) is 2.19. The molecule has 0 atom stereocenters. The third-order valence-corrected chi connectivity index (χ3v) is 4.76. The molecule has 0 aromatic heterocycles.